The van der Waals surface area contributed by atoms with Crippen molar-refractivity contribution < 1.29 is 26.8 Å². The van der Waals surface area contributed by atoms with Crippen molar-refractivity contribution in [2.45, 2.75) is 24.8 Å². The first-order valence-corrected chi connectivity index (χ1v) is 11.6. The molecule has 1 aliphatic rings. The van der Waals surface area contributed by atoms with Crippen LogP contribution in [0.3, 0.4) is 0 Å². The van der Waals surface area contributed by atoms with Crippen molar-refractivity contribution in [2.75, 3.05) is 33.2 Å². The Bertz CT molecular complexity index is 1130. The van der Waals surface area contributed by atoms with Crippen LogP contribution in [0.5, 0.6) is 0 Å². The van der Waals surface area contributed by atoms with Gasteiger partial charge >= 0.3 is 0 Å². The fraction of sp³-hybridized carbons (Fsp3) is 0.364. The molecule has 0 spiro atoms. The Balaban J connectivity index is 1.69. The Morgan fingerprint density at radius 3 is 1.91 bits per heavy atom. The number of piperazine rings is 1. The quantitative estimate of drug-likeness (QED) is 0.680. The third-order valence-corrected chi connectivity index (χ3v) is 7.54. The molecule has 2 amide bonds. The number of carbonyl (C=O) groups excluding carboxylic acids is 2. The van der Waals surface area contributed by atoms with E-state index in [1.165, 1.54) is 45.4 Å². The summed E-state index contributed by atoms with van der Waals surface area (Å²) in [5.41, 5.74) is 0.277. The van der Waals surface area contributed by atoms with E-state index >= 15 is 0 Å². The van der Waals surface area contributed by atoms with E-state index in [2.05, 4.69) is 0 Å². The zero-order valence-corrected chi connectivity index (χ0v) is 18.9. The lowest BCUT2D eigenvalue weighted by Crippen LogP contribution is -2.50. The van der Waals surface area contributed by atoms with Crippen LogP contribution < -0.4 is 0 Å². The minimum atomic E-state index is -3.73. The molecule has 0 aromatic heterocycles. The van der Waals surface area contributed by atoms with Gasteiger partial charge < -0.3 is 9.80 Å². The molecule has 1 aliphatic heterocycles. The molecule has 0 N–H and O–H groups in total. The minimum Gasteiger partial charge on any atom is -0.335 e. The molecule has 1 fully saturated rings. The highest BCUT2D eigenvalue weighted by Crippen LogP contribution is 2.20. The van der Waals surface area contributed by atoms with E-state index in [9.17, 15) is 26.8 Å². The summed E-state index contributed by atoms with van der Waals surface area (Å²) in [7, 11) is -2.25. The maximum absolute atomic E-state index is 13.4. The van der Waals surface area contributed by atoms with Crippen molar-refractivity contribution in [1.82, 2.24) is 14.1 Å². The molecule has 0 atom stereocenters. The van der Waals surface area contributed by atoms with Gasteiger partial charge in [0.15, 0.2) is 11.6 Å². The largest absolute Gasteiger partial charge is 0.335 e. The van der Waals surface area contributed by atoms with E-state index in [0.717, 1.165) is 12.1 Å². The topological polar surface area (TPSA) is 78.0 Å². The molecular formula is C22H25F2N3O4S. The van der Waals surface area contributed by atoms with Crippen LogP contribution in [0.15, 0.2) is 47.4 Å². The number of benzene rings is 2. The first-order chi connectivity index (χ1) is 15.0. The van der Waals surface area contributed by atoms with Crippen LogP contribution in [0, 0.1) is 11.6 Å². The van der Waals surface area contributed by atoms with Gasteiger partial charge in [-0.25, -0.2) is 17.2 Å². The number of carbonyl (C=O) groups is 2. The molecule has 1 saturated heterocycles. The fourth-order valence-corrected chi connectivity index (χ4v) is 4.75. The third kappa shape index (κ3) is 4.81. The van der Waals surface area contributed by atoms with Crippen LogP contribution in [0.2, 0.25) is 0 Å². The highest BCUT2D eigenvalue weighted by molar-refractivity contribution is 7.89. The monoisotopic (exact) mass is 465 g/mol. The van der Waals surface area contributed by atoms with Gasteiger partial charge in [0, 0.05) is 50.4 Å². The SMILES string of the molecule is CC(C)N(C)S(=O)(=O)c1cccc(C(=O)N2CCN(C(=O)c3ccc(F)c(F)c3)CC2)c1. The Labute approximate surface area is 186 Å². The summed E-state index contributed by atoms with van der Waals surface area (Å²) in [6.07, 6.45) is 0. The van der Waals surface area contributed by atoms with Gasteiger partial charge in [-0.05, 0) is 50.2 Å². The molecule has 32 heavy (non-hydrogen) atoms. The minimum absolute atomic E-state index is 0.0340. The van der Waals surface area contributed by atoms with Crippen LogP contribution in [-0.4, -0.2) is 73.6 Å². The predicted octanol–water partition coefficient (Wildman–Crippen LogP) is 2.59. The summed E-state index contributed by atoms with van der Waals surface area (Å²) in [6, 6.07) is 8.62. The van der Waals surface area contributed by atoms with Crippen LogP contribution in [0.1, 0.15) is 34.6 Å². The van der Waals surface area contributed by atoms with E-state index in [1.807, 2.05) is 0 Å². The van der Waals surface area contributed by atoms with E-state index in [-0.39, 0.29) is 54.2 Å². The molecule has 2 aromatic carbocycles. The molecule has 0 saturated carbocycles. The van der Waals surface area contributed by atoms with Crippen LogP contribution in [0.25, 0.3) is 0 Å². The normalized spacial score (nSPS) is 14.8. The Morgan fingerprint density at radius 1 is 0.875 bits per heavy atom. The number of halogens is 2. The van der Waals surface area contributed by atoms with Gasteiger partial charge in [0.05, 0.1) is 4.90 Å². The van der Waals surface area contributed by atoms with Gasteiger partial charge in [0.25, 0.3) is 11.8 Å². The second kappa shape index (κ2) is 9.33. The number of amides is 2. The summed E-state index contributed by atoms with van der Waals surface area (Å²) in [5.74, 6) is -2.90. The van der Waals surface area contributed by atoms with Gasteiger partial charge in [0.1, 0.15) is 0 Å². The molecule has 7 nitrogen and oxygen atoms in total. The number of hydrogen-bond acceptors (Lipinski definition) is 4. The zero-order chi connectivity index (χ0) is 23.6. The van der Waals surface area contributed by atoms with E-state index in [0.29, 0.717) is 0 Å². The van der Waals surface area contributed by atoms with Gasteiger partial charge in [-0.3, -0.25) is 9.59 Å². The number of nitrogens with zero attached hydrogens (tertiary/aromatic N) is 3. The molecule has 3 rings (SSSR count). The van der Waals surface area contributed by atoms with Crippen molar-refractivity contribution in [2.24, 2.45) is 0 Å². The standard InChI is InChI=1S/C22H25F2N3O4S/c1-15(2)25(3)32(30,31)18-6-4-5-16(13-18)21(28)26-9-11-27(12-10-26)22(29)17-7-8-19(23)20(24)14-17/h4-8,13-15H,9-12H2,1-3H3. The molecule has 1 heterocycles. The molecule has 0 radical (unpaired) electrons. The van der Waals surface area contributed by atoms with Gasteiger partial charge in [-0.1, -0.05) is 6.07 Å². The number of hydrogen-bond donors (Lipinski definition) is 0. The lowest BCUT2D eigenvalue weighted by atomic mass is 10.1. The first-order valence-electron chi connectivity index (χ1n) is 10.1. The van der Waals surface area contributed by atoms with Gasteiger partial charge in [-0.15, -0.1) is 0 Å². The van der Waals surface area contributed by atoms with E-state index in [1.54, 1.807) is 19.9 Å². The van der Waals surface area contributed by atoms with Crippen molar-refractivity contribution >= 4 is 21.8 Å². The van der Waals surface area contributed by atoms with Gasteiger partial charge in [-0.2, -0.15) is 4.31 Å². The average Bonchev–Trinajstić information content (AvgIpc) is 2.79. The van der Waals surface area contributed by atoms with Crippen molar-refractivity contribution in [1.29, 1.82) is 0 Å². The molecule has 0 bridgehead atoms. The Hall–Kier alpha value is -2.85. The van der Waals surface area contributed by atoms with Crippen LogP contribution in [0.4, 0.5) is 8.78 Å². The second-order valence-corrected chi connectivity index (χ2v) is 9.85. The second-order valence-electron chi connectivity index (χ2n) is 7.86. The first kappa shape index (κ1) is 23.8. The highest BCUT2D eigenvalue weighted by Gasteiger charge is 2.28. The smallest absolute Gasteiger partial charge is 0.254 e. The molecule has 10 heteroatoms. The Morgan fingerprint density at radius 2 is 1.41 bits per heavy atom. The average molecular weight is 466 g/mol. The predicted molar refractivity (Wildman–Crippen MR) is 115 cm³/mol. The summed E-state index contributed by atoms with van der Waals surface area (Å²) < 4.78 is 53.2. The van der Waals surface area contributed by atoms with E-state index < -0.39 is 27.6 Å². The summed E-state index contributed by atoms with van der Waals surface area (Å²) in [4.78, 5) is 28.5. The zero-order valence-electron chi connectivity index (χ0n) is 18.1. The fourth-order valence-electron chi connectivity index (χ4n) is 3.34. The lowest BCUT2D eigenvalue weighted by molar-refractivity contribution is 0.0535. The van der Waals surface area contributed by atoms with Gasteiger partial charge in [0.2, 0.25) is 10.0 Å². The number of rotatable bonds is 5. The van der Waals surface area contributed by atoms with Crippen molar-refractivity contribution in [3.8, 4) is 0 Å². The molecule has 0 unspecified atom stereocenters. The summed E-state index contributed by atoms with van der Waals surface area (Å²) in [5, 5.41) is 0. The van der Waals surface area contributed by atoms with Crippen LogP contribution in [-0.2, 0) is 10.0 Å². The molecular weight excluding hydrogens is 440 g/mol. The summed E-state index contributed by atoms with van der Waals surface area (Å²) >= 11 is 0. The number of sulfonamides is 1. The maximum Gasteiger partial charge on any atom is 0.254 e. The summed E-state index contributed by atoms with van der Waals surface area (Å²) in [6.45, 7) is 4.42. The van der Waals surface area contributed by atoms with Crippen molar-refractivity contribution in [3.05, 3.63) is 65.2 Å². The highest BCUT2D eigenvalue weighted by atomic mass is 32.2. The third-order valence-electron chi connectivity index (χ3n) is 5.51. The molecule has 172 valence electrons. The molecule has 0 aliphatic carbocycles. The van der Waals surface area contributed by atoms with E-state index in [4.69, 9.17) is 0 Å². The lowest BCUT2D eigenvalue weighted by Gasteiger charge is -2.35. The van der Waals surface area contributed by atoms with Crippen LogP contribution >= 0.6 is 0 Å². The Kier molecular flexibility index (Phi) is 6.94. The molecule has 2 aromatic rings. The maximum atomic E-state index is 13.4. The van der Waals surface area contributed by atoms with Crippen molar-refractivity contribution in [3.63, 3.8) is 0 Å².